The molecule has 0 radical (unpaired) electrons. The van der Waals surface area contributed by atoms with Gasteiger partial charge in [-0.25, -0.2) is 0 Å². The zero-order valence-corrected chi connectivity index (χ0v) is 13.5. The summed E-state index contributed by atoms with van der Waals surface area (Å²) in [6.45, 7) is 4.58. The first-order chi connectivity index (χ1) is 10.8. The van der Waals surface area contributed by atoms with E-state index in [1.54, 1.807) is 0 Å². The van der Waals surface area contributed by atoms with Crippen LogP contribution in [0.1, 0.15) is 37.0 Å². The average molecular weight is 288 g/mol. The second-order valence-corrected chi connectivity index (χ2v) is 6.34. The summed E-state index contributed by atoms with van der Waals surface area (Å²) < 4.78 is 0. The first-order valence-electron chi connectivity index (χ1n) is 8.27. The molecule has 0 aliphatic heterocycles. The summed E-state index contributed by atoms with van der Waals surface area (Å²) in [5, 5.41) is 0. The molecule has 0 spiro atoms. The number of aryl methyl sites for hydroxylation is 2. The molecule has 1 aliphatic rings. The van der Waals surface area contributed by atoms with E-state index in [9.17, 15) is 0 Å². The highest BCUT2D eigenvalue weighted by molar-refractivity contribution is 5.77. The van der Waals surface area contributed by atoms with Crippen LogP contribution in [0.4, 0.5) is 0 Å². The maximum absolute atomic E-state index is 2.31. The predicted octanol–water partition coefficient (Wildman–Crippen LogP) is 5.84. The van der Waals surface area contributed by atoms with Crippen LogP contribution < -0.4 is 0 Å². The van der Waals surface area contributed by atoms with Gasteiger partial charge in [-0.2, -0.15) is 0 Å². The third-order valence-electron chi connectivity index (χ3n) is 4.46. The monoisotopic (exact) mass is 288 g/mol. The van der Waals surface area contributed by atoms with Crippen LogP contribution in [0.5, 0.6) is 0 Å². The van der Waals surface area contributed by atoms with Crippen LogP contribution in [0, 0.1) is 5.92 Å². The van der Waals surface area contributed by atoms with Crippen LogP contribution in [-0.4, -0.2) is 0 Å². The molecule has 0 nitrogen and oxygen atoms in total. The third kappa shape index (κ3) is 3.22. The molecule has 0 saturated heterocycles. The Kier molecular flexibility index (Phi) is 4.58. The molecule has 0 bridgehead atoms. The first kappa shape index (κ1) is 14.8. The van der Waals surface area contributed by atoms with Crippen LogP contribution in [0.3, 0.4) is 0 Å². The van der Waals surface area contributed by atoms with E-state index in [-0.39, 0.29) is 0 Å². The van der Waals surface area contributed by atoms with Crippen molar-refractivity contribution < 1.29 is 0 Å². The van der Waals surface area contributed by atoms with Crippen LogP contribution >= 0.6 is 0 Å². The molecule has 112 valence electrons. The summed E-state index contributed by atoms with van der Waals surface area (Å²) in [7, 11) is 0. The number of hydrogen-bond acceptors (Lipinski definition) is 0. The van der Waals surface area contributed by atoms with E-state index in [0.717, 1.165) is 19.3 Å². The quantitative estimate of drug-likeness (QED) is 0.648. The smallest absolute Gasteiger partial charge is 0.00853 e. The lowest BCUT2D eigenvalue weighted by atomic mass is 9.90. The molecule has 0 heterocycles. The Hall–Kier alpha value is -2.08. The van der Waals surface area contributed by atoms with Crippen LogP contribution in [-0.2, 0) is 12.8 Å². The molecular weight excluding hydrogens is 264 g/mol. The van der Waals surface area contributed by atoms with Crippen molar-refractivity contribution in [2.24, 2.45) is 5.92 Å². The Morgan fingerprint density at radius 2 is 1.59 bits per heavy atom. The predicted molar refractivity (Wildman–Crippen MR) is 95.8 cm³/mol. The van der Waals surface area contributed by atoms with Gasteiger partial charge in [-0.15, -0.1) is 0 Å². The van der Waals surface area contributed by atoms with E-state index in [2.05, 4.69) is 80.6 Å². The van der Waals surface area contributed by atoms with Crippen LogP contribution in [0.2, 0.25) is 0 Å². The Morgan fingerprint density at radius 3 is 2.36 bits per heavy atom. The molecule has 0 atom stereocenters. The van der Waals surface area contributed by atoms with Crippen molar-refractivity contribution in [2.45, 2.75) is 33.1 Å². The standard InChI is InChI=1S/C22H24/c1-17(2)20-13-8-14-22(20)21-12-7-6-11-19(21)16-15-18-9-4-3-5-10-18/h3-13,17H,14-16H2,1-2H3. The van der Waals surface area contributed by atoms with Crippen molar-refractivity contribution in [1.82, 2.24) is 0 Å². The van der Waals surface area contributed by atoms with E-state index in [1.807, 2.05) is 0 Å². The lowest BCUT2D eigenvalue weighted by Crippen LogP contribution is -1.99. The highest BCUT2D eigenvalue weighted by Gasteiger charge is 2.16. The van der Waals surface area contributed by atoms with Gasteiger partial charge < -0.3 is 0 Å². The fourth-order valence-electron chi connectivity index (χ4n) is 3.28. The zero-order valence-electron chi connectivity index (χ0n) is 13.5. The van der Waals surface area contributed by atoms with Crippen molar-refractivity contribution in [1.29, 1.82) is 0 Å². The number of allylic oxidation sites excluding steroid dienone is 4. The van der Waals surface area contributed by atoms with Crippen LogP contribution in [0.15, 0.2) is 72.3 Å². The first-order valence-corrected chi connectivity index (χ1v) is 8.27. The van der Waals surface area contributed by atoms with Crippen molar-refractivity contribution >= 4 is 5.57 Å². The molecule has 2 aromatic rings. The Bertz CT molecular complexity index is 687. The maximum Gasteiger partial charge on any atom is -0.00853 e. The normalized spacial score (nSPS) is 14.1. The summed E-state index contributed by atoms with van der Waals surface area (Å²) in [6, 6.07) is 19.7. The van der Waals surface area contributed by atoms with Gasteiger partial charge in [0.2, 0.25) is 0 Å². The SMILES string of the molecule is CC(C)C1=C(c2ccccc2CCc2ccccc2)CC=C1. The summed E-state index contributed by atoms with van der Waals surface area (Å²) in [6.07, 6.45) is 7.91. The van der Waals surface area contributed by atoms with Crippen LogP contribution in [0.25, 0.3) is 5.57 Å². The molecule has 0 saturated carbocycles. The summed E-state index contributed by atoms with van der Waals surface area (Å²) in [5.41, 5.74) is 7.38. The number of benzene rings is 2. The van der Waals surface area contributed by atoms with Gasteiger partial charge in [-0.1, -0.05) is 80.6 Å². The fourth-order valence-corrected chi connectivity index (χ4v) is 3.28. The molecule has 0 amide bonds. The number of rotatable bonds is 5. The highest BCUT2D eigenvalue weighted by atomic mass is 14.2. The summed E-state index contributed by atoms with van der Waals surface area (Å²) >= 11 is 0. The minimum absolute atomic E-state index is 0.593. The Balaban J connectivity index is 1.86. The topological polar surface area (TPSA) is 0 Å². The number of hydrogen-bond donors (Lipinski definition) is 0. The van der Waals surface area contributed by atoms with Gasteiger partial charge in [0.05, 0.1) is 0 Å². The van der Waals surface area contributed by atoms with E-state index < -0.39 is 0 Å². The average Bonchev–Trinajstić information content (AvgIpc) is 3.04. The van der Waals surface area contributed by atoms with E-state index in [1.165, 1.54) is 27.8 Å². The molecular formula is C22H24. The summed E-state index contributed by atoms with van der Waals surface area (Å²) in [5.74, 6) is 0.593. The van der Waals surface area contributed by atoms with Gasteiger partial charge in [0, 0.05) is 0 Å². The molecule has 0 unspecified atom stereocenters. The Morgan fingerprint density at radius 1 is 0.864 bits per heavy atom. The van der Waals surface area contributed by atoms with Crippen molar-refractivity contribution in [3.05, 3.63) is 89.0 Å². The van der Waals surface area contributed by atoms with Crippen molar-refractivity contribution in [3.8, 4) is 0 Å². The minimum Gasteiger partial charge on any atom is -0.0798 e. The van der Waals surface area contributed by atoms with E-state index in [0.29, 0.717) is 5.92 Å². The lowest BCUT2D eigenvalue weighted by molar-refractivity contribution is 0.795. The molecule has 0 aromatic heterocycles. The largest absolute Gasteiger partial charge is 0.0798 e. The van der Waals surface area contributed by atoms with E-state index in [4.69, 9.17) is 0 Å². The van der Waals surface area contributed by atoms with Gasteiger partial charge >= 0.3 is 0 Å². The van der Waals surface area contributed by atoms with Gasteiger partial charge in [0.1, 0.15) is 0 Å². The van der Waals surface area contributed by atoms with Gasteiger partial charge in [-0.05, 0) is 53.0 Å². The highest BCUT2D eigenvalue weighted by Crippen LogP contribution is 2.34. The fraction of sp³-hybridized carbons (Fsp3) is 0.273. The van der Waals surface area contributed by atoms with Crippen molar-refractivity contribution in [3.63, 3.8) is 0 Å². The van der Waals surface area contributed by atoms with Gasteiger partial charge in [-0.3, -0.25) is 0 Å². The molecule has 2 aromatic carbocycles. The lowest BCUT2D eigenvalue weighted by Gasteiger charge is -2.15. The van der Waals surface area contributed by atoms with E-state index >= 15 is 0 Å². The molecule has 22 heavy (non-hydrogen) atoms. The zero-order chi connectivity index (χ0) is 15.4. The summed E-state index contributed by atoms with van der Waals surface area (Å²) in [4.78, 5) is 0. The maximum atomic E-state index is 2.31. The second-order valence-electron chi connectivity index (χ2n) is 6.34. The molecule has 3 rings (SSSR count). The van der Waals surface area contributed by atoms with Crippen molar-refractivity contribution in [2.75, 3.05) is 0 Å². The minimum atomic E-state index is 0.593. The molecule has 0 fully saturated rings. The third-order valence-corrected chi connectivity index (χ3v) is 4.46. The van der Waals surface area contributed by atoms with Gasteiger partial charge in [0.25, 0.3) is 0 Å². The second kappa shape index (κ2) is 6.79. The molecule has 0 N–H and O–H groups in total. The molecule has 0 heteroatoms. The molecule has 1 aliphatic carbocycles. The Labute approximate surface area is 134 Å². The van der Waals surface area contributed by atoms with Gasteiger partial charge in [0.15, 0.2) is 0 Å².